The molecule has 0 saturated heterocycles. The lowest BCUT2D eigenvalue weighted by Gasteiger charge is -2.19. The van der Waals surface area contributed by atoms with E-state index in [0.29, 0.717) is 17.9 Å². The Morgan fingerprint density at radius 2 is 1.75 bits per heavy atom. The highest BCUT2D eigenvalue weighted by Gasteiger charge is 2.15. The van der Waals surface area contributed by atoms with Crippen molar-refractivity contribution < 1.29 is 9.13 Å². The number of thioether (sulfide) groups is 1. The van der Waals surface area contributed by atoms with Crippen LogP contribution < -0.4 is 4.74 Å². The van der Waals surface area contributed by atoms with E-state index < -0.39 is 0 Å². The van der Waals surface area contributed by atoms with Crippen LogP contribution in [0.25, 0.3) is 0 Å². The molecule has 0 N–H and O–H groups in total. The highest BCUT2D eigenvalue weighted by Crippen LogP contribution is 2.26. The van der Waals surface area contributed by atoms with Crippen molar-refractivity contribution in [1.82, 2.24) is 14.8 Å². The van der Waals surface area contributed by atoms with E-state index in [0.717, 1.165) is 23.3 Å². The molecule has 3 rings (SSSR count). The van der Waals surface area contributed by atoms with Gasteiger partial charge in [-0.15, -0.1) is 10.2 Å². The van der Waals surface area contributed by atoms with Crippen molar-refractivity contribution in [2.24, 2.45) is 0 Å². The third-order valence-corrected chi connectivity index (χ3v) is 5.53. The van der Waals surface area contributed by atoms with Crippen molar-refractivity contribution in [1.29, 1.82) is 0 Å². The predicted octanol–water partition coefficient (Wildman–Crippen LogP) is 5.61. The van der Waals surface area contributed by atoms with Gasteiger partial charge >= 0.3 is 0 Å². The van der Waals surface area contributed by atoms with Crippen LogP contribution in [0.4, 0.5) is 4.39 Å². The molecule has 0 unspecified atom stereocenters. The molecule has 0 fully saturated rings. The standard InChI is InChI=1S/C22H26FN3OS/c1-5-26-20(14-27-18-12-10-17(11-13-18)22(2,3)4)24-25-21(26)28-15-16-8-6-7-9-19(16)23/h6-13H,5,14-15H2,1-4H3. The van der Waals surface area contributed by atoms with Crippen LogP contribution in [0.5, 0.6) is 5.75 Å². The number of rotatable bonds is 7. The second kappa shape index (κ2) is 8.78. The smallest absolute Gasteiger partial charge is 0.191 e. The minimum Gasteiger partial charge on any atom is -0.486 e. The zero-order valence-electron chi connectivity index (χ0n) is 16.8. The van der Waals surface area contributed by atoms with Gasteiger partial charge in [-0.05, 0) is 41.7 Å². The molecule has 6 heteroatoms. The third-order valence-electron chi connectivity index (χ3n) is 4.51. The summed E-state index contributed by atoms with van der Waals surface area (Å²) >= 11 is 1.48. The molecule has 0 aliphatic carbocycles. The first-order valence-electron chi connectivity index (χ1n) is 9.40. The van der Waals surface area contributed by atoms with Gasteiger partial charge in [-0.3, -0.25) is 0 Å². The molecular formula is C22H26FN3OS. The molecule has 0 aliphatic rings. The van der Waals surface area contributed by atoms with Gasteiger partial charge < -0.3 is 9.30 Å². The Kier molecular flexibility index (Phi) is 6.39. The van der Waals surface area contributed by atoms with Gasteiger partial charge in [-0.1, -0.05) is 62.9 Å². The molecule has 2 aromatic carbocycles. The minimum absolute atomic E-state index is 0.116. The average Bonchev–Trinajstić information content (AvgIpc) is 3.07. The molecule has 148 valence electrons. The Hall–Kier alpha value is -2.34. The van der Waals surface area contributed by atoms with Crippen LogP contribution in [0.1, 0.15) is 44.6 Å². The normalized spacial score (nSPS) is 11.6. The SMILES string of the molecule is CCn1c(COc2ccc(C(C)(C)C)cc2)nnc1SCc1ccccc1F. The first-order chi connectivity index (χ1) is 13.4. The Morgan fingerprint density at radius 3 is 2.39 bits per heavy atom. The van der Waals surface area contributed by atoms with Crippen molar-refractivity contribution in [2.45, 2.75) is 57.2 Å². The molecule has 4 nitrogen and oxygen atoms in total. The number of hydrogen-bond donors (Lipinski definition) is 0. The van der Waals surface area contributed by atoms with Gasteiger partial charge in [0.25, 0.3) is 0 Å². The molecular weight excluding hydrogens is 373 g/mol. The predicted molar refractivity (Wildman–Crippen MR) is 111 cm³/mol. The van der Waals surface area contributed by atoms with Crippen molar-refractivity contribution in [3.63, 3.8) is 0 Å². The molecule has 0 radical (unpaired) electrons. The first kappa shape index (κ1) is 20.4. The fourth-order valence-electron chi connectivity index (χ4n) is 2.81. The molecule has 1 aromatic heterocycles. The van der Waals surface area contributed by atoms with E-state index in [1.165, 1.54) is 23.4 Å². The summed E-state index contributed by atoms with van der Waals surface area (Å²) < 4.78 is 21.7. The summed E-state index contributed by atoms with van der Waals surface area (Å²) in [5.41, 5.74) is 2.05. The largest absolute Gasteiger partial charge is 0.486 e. The van der Waals surface area contributed by atoms with Crippen LogP contribution in [-0.2, 0) is 24.3 Å². The van der Waals surface area contributed by atoms with Gasteiger partial charge in [0.2, 0.25) is 0 Å². The molecule has 3 aromatic rings. The third kappa shape index (κ3) is 4.93. The van der Waals surface area contributed by atoms with Crippen LogP contribution in [0.15, 0.2) is 53.7 Å². The fourth-order valence-corrected chi connectivity index (χ4v) is 3.81. The van der Waals surface area contributed by atoms with Crippen LogP contribution >= 0.6 is 11.8 Å². The van der Waals surface area contributed by atoms with Crippen LogP contribution in [0, 0.1) is 5.82 Å². The van der Waals surface area contributed by atoms with E-state index in [4.69, 9.17) is 4.74 Å². The summed E-state index contributed by atoms with van der Waals surface area (Å²) in [5.74, 6) is 1.89. The van der Waals surface area contributed by atoms with Gasteiger partial charge in [0, 0.05) is 12.3 Å². The van der Waals surface area contributed by atoms with E-state index in [1.807, 2.05) is 29.7 Å². The quantitative estimate of drug-likeness (QED) is 0.485. The zero-order chi connectivity index (χ0) is 20.1. The molecule has 0 bridgehead atoms. The summed E-state index contributed by atoms with van der Waals surface area (Å²) in [6.07, 6.45) is 0. The van der Waals surface area contributed by atoms with Crippen molar-refractivity contribution in [3.8, 4) is 5.75 Å². The van der Waals surface area contributed by atoms with Crippen LogP contribution in [0.2, 0.25) is 0 Å². The minimum atomic E-state index is -0.195. The van der Waals surface area contributed by atoms with Gasteiger partial charge in [-0.25, -0.2) is 4.39 Å². The van der Waals surface area contributed by atoms with Crippen molar-refractivity contribution >= 4 is 11.8 Å². The molecule has 0 spiro atoms. The summed E-state index contributed by atoms with van der Waals surface area (Å²) in [6, 6.07) is 15.0. The number of aromatic nitrogens is 3. The maximum absolute atomic E-state index is 13.8. The highest BCUT2D eigenvalue weighted by molar-refractivity contribution is 7.98. The first-order valence-corrected chi connectivity index (χ1v) is 10.4. The lowest BCUT2D eigenvalue weighted by Crippen LogP contribution is -2.11. The monoisotopic (exact) mass is 399 g/mol. The van der Waals surface area contributed by atoms with Gasteiger partial charge in [0.1, 0.15) is 18.2 Å². The van der Waals surface area contributed by atoms with Crippen molar-refractivity contribution in [2.75, 3.05) is 0 Å². The number of hydrogen-bond acceptors (Lipinski definition) is 4. The topological polar surface area (TPSA) is 39.9 Å². The van der Waals surface area contributed by atoms with E-state index in [2.05, 4.69) is 43.1 Å². The number of nitrogens with zero attached hydrogens (tertiary/aromatic N) is 3. The van der Waals surface area contributed by atoms with Crippen LogP contribution in [0.3, 0.4) is 0 Å². The maximum atomic E-state index is 13.8. The fraction of sp³-hybridized carbons (Fsp3) is 0.364. The molecule has 1 heterocycles. The summed E-state index contributed by atoms with van der Waals surface area (Å²) in [5, 5.41) is 9.30. The molecule has 28 heavy (non-hydrogen) atoms. The lowest BCUT2D eigenvalue weighted by atomic mass is 9.87. The Balaban J connectivity index is 1.64. The number of benzene rings is 2. The van der Waals surface area contributed by atoms with Gasteiger partial charge in [0.15, 0.2) is 11.0 Å². The molecule has 0 atom stereocenters. The molecule has 0 aliphatic heterocycles. The molecule has 0 saturated carbocycles. The Labute approximate surface area is 170 Å². The van der Waals surface area contributed by atoms with Crippen molar-refractivity contribution in [3.05, 3.63) is 71.3 Å². The van der Waals surface area contributed by atoms with Crippen LogP contribution in [-0.4, -0.2) is 14.8 Å². The molecule has 0 amide bonds. The van der Waals surface area contributed by atoms with Gasteiger partial charge in [-0.2, -0.15) is 0 Å². The highest BCUT2D eigenvalue weighted by atomic mass is 32.2. The summed E-state index contributed by atoms with van der Waals surface area (Å²) in [7, 11) is 0. The van der Waals surface area contributed by atoms with E-state index >= 15 is 0 Å². The Bertz CT molecular complexity index is 916. The van der Waals surface area contributed by atoms with E-state index in [9.17, 15) is 4.39 Å². The summed E-state index contributed by atoms with van der Waals surface area (Å²) in [6.45, 7) is 9.68. The Morgan fingerprint density at radius 1 is 1.04 bits per heavy atom. The average molecular weight is 400 g/mol. The van der Waals surface area contributed by atoms with E-state index in [-0.39, 0.29) is 11.2 Å². The maximum Gasteiger partial charge on any atom is 0.191 e. The van der Waals surface area contributed by atoms with Gasteiger partial charge in [0.05, 0.1) is 0 Å². The number of halogens is 1. The zero-order valence-corrected chi connectivity index (χ0v) is 17.6. The summed E-state index contributed by atoms with van der Waals surface area (Å²) in [4.78, 5) is 0. The lowest BCUT2D eigenvalue weighted by molar-refractivity contribution is 0.288. The second-order valence-corrected chi connectivity index (χ2v) is 8.53. The number of ether oxygens (including phenoxy) is 1. The van der Waals surface area contributed by atoms with E-state index in [1.54, 1.807) is 12.1 Å². The second-order valence-electron chi connectivity index (χ2n) is 7.59.